The first kappa shape index (κ1) is 14.6. The Morgan fingerprint density at radius 2 is 1.95 bits per heavy atom. The van der Waals surface area contributed by atoms with E-state index in [2.05, 4.69) is 22.0 Å². The number of anilines is 2. The van der Waals surface area contributed by atoms with Crippen molar-refractivity contribution in [2.24, 2.45) is 0 Å². The lowest BCUT2D eigenvalue weighted by Gasteiger charge is -2.36. The van der Waals surface area contributed by atoms with E-state index in [4.69, 9.17) is 11.6 Å². The molecule has 1 fully saturated rings. The third-order valence-corrected chi connectivity index (χ3v) is 4.14. The highest BCUT2D eigenvalue weighted by Gasteiger charge is 2.26. The molecule has 116 valence electrons. The zero-order valence-corrected chi connectivity index (χ0v) is 12.9. The van der Waals surface area contributed by atoms with Gasteiger partial charge in [-0.1, -0.05) is 17.7 Å². The summed E-state index contributed by atoms with van der Waals surface area (Å²) in [5.41, 5.74) is 2.31. The summed E-state index contributed by atoms with van der Waals surface area (Å²) in [5, 5.41) is 18.2. The molecule has 0 bridgehead atoms. The molecule has 0 amide bonds. The van der Waals surface area contributed by atoms with Crippen LogP contribution in [0.3, 0.4) is 0 Å². The van der Waals surface area contributed by atoms with Crippen molar-refractivity contribution < 1.29 is 4.92 Å². The molecule has 0 atom stereocenters. The molecular weight excluding hydrogens is 306 g/mol. The first-order valence-electron chi connectivity index (χ1n) is 7.00. The van der Waals surface area contributed by atoms with E-state index in [0.29, 0.717) is 23.9 Å². The van der Waals surface area contributed by atoms with Crippen molar-refractivity contribution in [3.8, 4) is 0 Å². The third-order valence-electron chi connectivity index (χ3n) is 3.90. The Balaban J connectivity index is 1.74. The molecule has 2 heterocycles. The van der Waals surface area contributed by atoms with Gasteiger partial charge in [-0.2, -0.15) is 5.10 Å². The largest absolute Gasteiger partial charge is 0.368 e. The van der Waals surface area contributed by atoms with Gasteiger partial charge in [0.25, 0.3) is 0 Å². The Hall–Kier alpha value is -2.28. The van der Waals surface area contributed by atoms with Crippen LogP contribution in [-0.4, -0.2) is 41.3 Å². The lowest BCUT2D eigenvalue weighted by Crippen LogP contribution is -2.47. The smallest absolute Gasteiger partial charge is 0.330 e. The lowest BCUT2D eigenvalue weighted by atomic mass is 10.1. The highest BCUT2D eigenvalue weighted by Crippen LogP contribution is 2.29. The summed E-state index contributed by atoms with van der Waals surface area (Å²) in [7, 11) is 0. The molecule has 1 saturated heterocycles. The normalized spacial score (nSPS) is 15.2. The van der Waals surface area contributed by atoms with E-state index in [9.17, 15) is 10.1 Å². The fourth-order valence-electron chi connectivity index (χ4n) is 2.73. The molecule has 1 aromatic carbocycles. The van der Waals surface area contributed by atoms with Crippen molar-refractivity contribution in [2.45, 2.75) is 6.92 Å². The summed E-state index contributed by atoms with van der Waals surface area (Å²) in [6, 6.07) is 5.85. The Morgan fingerprint density at radius 3 is 2.64 bits per heavy atom. The summed E-state index contributed by atoms with van der Waals surface area (Å²) < 4.78 is 0. The Bertz CT molecular complexity index is 694. The molecule has 1 N–H and O–H groups in total. The van der Waals surface area contributed by atoms with E-state index < -0.39 is 4.92 Å². The number of hydrogen-bond acceptors (Lipinski definition) is 5. The SMILES string of the molecule is Cc1ccc(Cl)cc1N1CCN(c2[nH]ncc2[N+](=O)[O-])CC1. The van der Waals surface area contributed by atoms with Crippen molar-refractivity contribution in [1.29, 1.82) is 0 Å². The molecule has 1 aliphatic rings. The van der Waals surface area contributed by atoms with Gasteiger partial charge >= 0.3 is 5.69 Å². The summed E-state index contributed by atoms with van der Waals surface area (Å²) in [4.78, 5) is 14.8. The van der Waals surface area contributed by atoms with Gasteiger partial charge in [0.1, 0.15) is 6.20 Å². The van der Waals surface area contributed by atoms with Crippen LogP contribution in [0.25, 0.3) is 0 Å². The average molecular weight is 322 g/mol. The summed E-state index contributed by atoms with van der Waals surface area (Å²) >= 11 is 6.08. The Morgan fingerprint density at radius 1 is 1.27 bits per heavy atom. The number of nitro groups is 1. The molecule has 22 heavy (non-hydrogen) atoms. The van der Waals surface area contributed by atoms with Gasteiger partial charge in [-0.05, 0) is 24.6 Å². The number of hydrogen-bond donors (Lipinski definition) is 1. The summed E-state index contributed by atoms with van der Waals surface area (Å²) in [6.07, 6.45) is 1.25. The minimum atomic E-state index is -0.410. The zero-order chi connectivity index (χ0) is 15.7. The summed E-state index contributed by atoms with van der Waals surface area (Å²) in [5.74, 6) is 0.479. The van der Waals surface area contributed by atoms with Crippen molar-refractivity contribution in [3.05, 3.63) is 45.1 Å². The molecule has 0 spiro atoms. The Kier molecular flexibility index (Phi) is 3.89. The highest BCUT2D eigenvalue weighted by molar-refractivity contribution is 6.30. The van der Waals surface area contributed by atoms with Gasteiger partial charge in [-0.15, -0.1) is 0 Å². The van der Waals surface area contributed by atoms with Crippen LogP contribution in [0.4, 0.5) is 17.2 Å². The maximum atomic E-state index is 11.0. The van der Waals surface area contributed by atoms with Gasteiger partial charge in [0.05, 0.1) is 4.92 Å². The van der Waals surface area contributed by atoms with Gasteiger partial charge < -0.3 is 9.80 Å². The molecule has 0 radical (unpaired) electrons. The highest BCUT2D eigenvalue weighted by atomic mass is 35.5. The second kappa shape index (κ2) is 5.84. The van der Waals surface area contributed by atoms with Gasteiger partial charge in [-0.3, -0.25) is 15.2 Å². The minimum Gasteiger partial charge on any atom is -0.368 e. The van der Waals surface area contributed by atoms with Crippen LogP contribution in [0, 0.1) is 17.0 Å². The predicted molar refractivity (Wildman–Crippen MR) is 85.9 cm³/mol. The van der Waals surface area contributed by atoms with Crippen LogP contribution in [-0.2, 0) is 0 Å². The zero-order valence-electron chi connectivity index (χ0n) is 12.1. The maximum absolute atomic E-state index is 11.0. The van der Waals surface area contributed by atoms with Crippen LogP contribution in [0.1, 0.15) is 5.56 Å². The molecule has 0 aliphatic carbocycles. The van der Waals surface area contributed by atoms with Gasteiger partial charge in [0, 0.05) is 36.9 Å². The number of nitrogens with zero attached hydrogens (tertiary/aromatic N) is 4. The molecule has 0 unspecified atom stereocenters. The average Bonchev–Trinajstić information content (AvgIpc) is 3.00. The number of nitrogens with one attached hydrogen (secondary N) is 1. The number of benzene rings is 1. The second-order valence-electron chi connectivity index (χ2n) is 5.27. The minimum absolute atomic E-state index is 0.0207. The molecule has 7 nitrogen and oxygen atoms in total. The molecule has 2 aromatic rings. The fourth-order valence-corrected chi connectivity index (χ4v) is 2.90. The van der Waals surface area contributed by atoms with Crippen LogP contribution in [0.5, 0.6) is 0 Å². The molecular formula is C14H16ClN5O2. The number of rotatable bonds is 3. The van der Waals surface area contributed by atoms with E-state index in [1.54, 1.807) is 0 Å². The number of halogens is 1. The first-order valence-corrected chi connectivity index (χ1v) is 7.38. The van der Waals surface area contributed by atoms with Crippen molar-refractivity contribution in [2.75, 3.05) is 36.0 Å². The van der Waals surface area contributed by atoms with E-state index in [0.717, 1.165) is 18.8 Å². The fraction of sp³-hybridized carbons (Fsp3) is 0.357. The monoisotopic (exact) mass is 321 g/mol. The number of H-pyrrole nitrogens is 1. The number of aromatic amines is 1. The van der Waals surface area contributed by atoms with Crippen molar-refractivity contribution in [1.82, 2.24) is 10.2 Å². The van der Waals surface area contributed by atoms with Gasteiger partial charge in [-0.25, -0.2) is 0 Å². The second-order valence-corrected chi connectivity index (χ2v) is 5.70. The van der Waals surface area contributed by atoms with Gasteiger partial charge in [0.15, 0.2) is 0 Å². The first-order chi connectivity index (χ1) is 10.6. The molecule has 8 heteroatoms. The summed E-state index contributed by atoms with van der Waals surface area (Å²) in [6.45, 7) is 4.98. The van der Waals surface area contributed by atoms with E-state index in [-0.39, 0.29) is 5.69 Å². The molecule has 1 aliphatic heterocycles. The van der Waals surface area contributed by atoms with Crippen molar-refractivity contribution >= 4 is 28.8 Å². The van der Waals surface area contributed by atoms with E-state index >= 15 is 0 Å². The van der Waals surface area contributed by atoms with Crippen LogP contribution < -0.4 is 9.80 Å². The topological polar surface area (TPSA) is 78.3 Å². The van der Waals surface area contributed by atoms with E-state index in [1.165, 1.54) is 11.8 Å². The van der Waals surface area contributed by atoms with Gasteiger partial charge in [0.2, 0.25) is 5.82 Å². The quantitative estimate of drug-likeness (QED) is 0.694. The van der Waals surface area contributed by atoms with Crippen molar-refractivity contribution in [3.63, 3.8) is 0 Å². The molecule has 3 rings (SSSR count). The van der Waals surface area contributed by atoms with Crippen LogP contribution in [0.15, 0.2) is 24.4 Å². The number of aryl methyl sites for hydroxylation is 1. The third kappa shape index (κ3) is 2.71. The van der Waals surface area contributed by atoms with Crippen LogP contribution in [0.2, 0.25) is 5.02 Å². The predicted octanol–water partition coefficient (Wildman–Crippen LogP) is 2.61. The number of aromatic nitrogens is 2. The molecule has 0 saturated carbocycles. The lowest BCUT2D eigenvalue weighted by molar-refractivity contribution is -0.384. The Labute approximate surface area is 132 Å². The molecule has 1 aromatic heterocycles. The van der Waals surface area contributed by atoms with Crippen LogP contribution >= 0.6 is 11.6 Å². The maximum Gasteiger partial charge on any atom is 0.330 e. The standard InChI is InChI=1S/C14H16ClN5O2/c1-10-2-3-11(15)8-12(10)18-4-6-19(7-5-18)14-13(20(21)22)9-16-17-14/h2-3,8-9H,4-7H2,1H3,(H,16,17). The van der Waals surface area contributed by atoms with E-state index in [1.807, 2.05) is 23.1 Å². The number of piperazine rings is 1.